The molecule has 162 valence electrons. The number of hydrogen-bond donors (Lipinski definition) is 2. The highest BCUT2D eigenvalue weighted by molar-refractivity contribution is 5.82. The van der Waals surface area contributed by atoms with Gasteiger partial charge in [-0.15, -0.1) is 0 Å². The number of aliphatic carboxylic acids is 1. The molecule has 2 aromatic carbocycles. The van der Waals surface area contributed by atoms with E-state index in [-0.39, 0.29) is 32.0 Å². The van der Waals surface area contributed by atoms with Crippen molar-refractivity contribution in [1.82, 2.24) is 5.32 Å². The van der Waals surface area contributed by atoms with E-state index in [2.05, 4.69) is 17.4 Å². The van der Waals surface area contributed by atoms with Gasteiger partial charge in [0.25, 0.3) is 0 Å². The molecule has 1 amide bonds. The molecule has 2 N–H and O–H groups in total. The number of carboxylic acids is 1. The van der Waals surface area contributed by atoms with Crippen molar-refractivity contribution in [2.45, 2.75) is 31.7 Å². The molecule has 0 fully saturated rings. The fourth-order valence-corrected chi connectivity index (χ4v) is 3.67. The second kappa shape index (κ2) is 10.4. The van der Waals surface area contributed by atoms with E-state index in [0.717, 1.165) is 22.3 Å². The molecule has 31 heavy (non-hydrogen) atoms. The minimum Gasteiger partial charge on any atom is -0.481 e. The van der Waals surface area contributed by atoms with E-state index < -0.39 is 24.1 Å². The van der Waals surface area contributed by atoms with Crippen LogP contribution in [0.2, 0.25) is 0 Å². The van der Waals surface area contributed by atoms with Gasteiger partial charge in [-0.05, 0) is 35.6 Å². The molecular weight excluding hydrogens is 398 g/mol. The standard InChI is InChI=1S/C24H25NO6/c1-2-30-23(28)14-12-16(11-13-22(26)27)25-24(29)31-15-21-19-9-5-3-7-17(19)18-8-4-6-10-20(18)21/h3-10,12,14,16,21H,2,11,13,15H2,1H3,(H,25,29)(H,26,27)/t16-/m0/s1. The van der Waals surface area contributed by atoms with Gasteiger partial charge in [0.1, 0.15) is 6.61 Å². The second-order valence-electron chi connectivity index (χ2n) is 7.12. The number of esters is 1. The first kappa shape index (κ1) is 22.1. The zero-order chi connectivity index (χ0) is 22.2. The number of rotatable bonds is 9. The molecule has 0 spiro atoms. The number of nitrogens with one attached hydrogen (secondary N) is 1. The molecule has 0 aromatic heterocycles. The Labute approximate surface area is 180 Å². The first-order chi connectivity index (χ1) is 15.0. The predicted octanol–water partition coefficient (Wildman–Crippen LogP) is 3.88. The van der Waals surface area contributed by atoms with E-state index >= 15 is 0 Å². The van der Waals surface area contributed by atoms with Crippen LogP contribution in [0.25, 0.3) is 11.1 Å². The van der Waals surface area contributed by atoms with E-state index in [4.69, 9.17) is 14.6 Å². The summed E-state index contributed by atoms with van der Waals surface area (Å²) in [5.41, 5.74) is 4.45. The Kier molecular flexibility index (Phi) is 7.43. The van der Waals surface area contributed by atoms with Gasteiger partial charge >= 0.3 is 18.0 Å². The molecule has 7 heteroatoms. The smallest absolute Gasteiger partial charge is 0.407 e. The summed E-state index contributed by atoms with van der Waals surface area (Å²) in [5, 5.41) is 11.6. The fourth-order valence-electron chi connectivity index (χ4n) is 3.67. The zero-order valence-electron chi connectivity index (χ0n) is 17.2. The fraction of sp³-hybridized carbons (Fsp3) is 0.292. The Hall–Kier alpha value is -3.61. The Morgan fingerprint density at radius 2 is 1.65 bits per heavy atom. The first-order valence-electron chi connectivity index (χ1n) is 10.2. The maximum atomic E-state index is 12.4. The molecule has 0 saturated carbocycles. The molecule has 0 aliphatic heterocycles. The minimum absolute atomic E-state index is 0.0781. The Bertz CT molecular complexity index is 938. The van der Waals surface area contributed by atoms with Gasteiger partial charge in [0.05, 0.1) is 12.6 Å². The van der Waals surface area contributed by atoms with Crippen LogP contribution in [-0.2, 0) is 19.1 Å². The van der Waals surface area contributed by atoms with Crippen molar-refractivity contribution in [3.8, 4) is 11.1 Å². The van der Waals surface area contributed by atoms with Gasteiger partial charge in [-0.25, -0.2) is 9.59 Å². The molecular formula is C24H25NO6. The molecule has 1 aliphatic carbocycles. The quantitative estimate of drug-likeness (QED) is 0.469. The Balaban J connectivity index is 1.64. The van der Waals surface area contributed by atoms with E-state index in [1.807, 2.05) is 36.4 Å². The highest BCUT2D eigenvalue weighted by atomic mass is 16.5. The lowest BCUT2D eigenvalue weighted by Crippen LogP contribution is -2.35. The van der Waals surface area contributed by atoms with Gasteiger partial charge in [0, 0.05) is 18.4 Å². The third kappa shape index (κ3) is 5.72. The van der Waals surface area contributed by atoms with Crippen LogP contribution in [0.1, 0.15) is 36.8 Å². The molecule has 0 heterocycles. The van der Waals surface area contributed by atoms with Crippen LogP contribution >= 0.6 is 0 Å². The van der Waals surface area contributed by atoms with Crippen molar-refractivity contribution in [2.24, 2.45) is 0 Å². The Morgan fingerprint density at radius 3 is 2.23 bits per heavy atom. The van der Waals surface area contributed by atoms with Crippen LogP contribution in [0.3, 0.4) is 0 Å². The molecule has 0 unspecified atom stereocenters. The summed E-state index contributed by atoms with van der Waals surface area (Å²) < 4.78 is 10.3. The van der Waals surface area contributed by atoms with Crippen molar-refractivity contribution >= 4 is 18.0 Å². The summed E-state index contributed by atoms with van der Waals surface area (Å²) >= 11 is 0. The molecule has 3 rings (SSSR count). The zero-order valence-corrected chi connectivity index (χ0v) is 17.2. The second-order valence-corrected chi connectivity index (χ2v) is 7.12. The summed E-state index contributed by atoms with van der Waals surface area (Å²) in [7, 11) is 0. The highest BCUT2D eigenvalue weighted by Gasteiger charge is 2.29. The van der Waals surface area contributed by atoms with Gasteiger partial charge in [-0.2, -0.15) is 0 Å². The van der Waals surface area contributed by atoms with Gasteiger partial charge in [0.2, 0.25) is 0 Å². The van der Waals surface area contributed by atoms with Crippen molar-refractivity contribution in [3.05, 3.63) is 71.8 Å². The van der Waals surface area contributed by atoms with Crippen molar-refractivity contribution < 1.29 is 29.0 Å². The highest BCUT2D eigenvalue weighted by Crippen LogP contribution is 2.44. The normalized spacial score (nSPS) is 13.3. The van der Waals surface area contributed by atoms with E-state index in [0.29, 0.717) is 0 Å². The average molecular weight is 423 g/mol. The van der Waals surface area contributed by atoms with Crippen LogP contribution < -0.4 is 5.32 Å². The van der Waals surface area contributed by atoms with Crippen LogP contribution in [0.15, 0.2) is 60.7 Å². The number of carbonyl (C=O) groups excluding carboxylic acids is 2. The number of benzene rings is 2. The van der Waals surface area contributed by atoms with Gasteiger partial charge < -0.3 is 19.9 Å². The summed E-state index contributed by atoms with van der Waals surface area (Å²) in [6.07, 6.45) is 1.88. The number of amides is 1. The number of alkyl carbamates (subject to hydrolysis) is 1. The summed E-state index contributed by atoms with van der Waals surface area (Å²) in [6, 6.07) is 15.4. The third-order valence-corrected chi connectivity index (χ3v) is 5.07. The van der Waals surface area contributed by atoms with E-state index in [1.165, 1.54) is 12.2 Å². The molecule has 0 bridgehead atoms. The molecule has 2 aromatic rings. The molecule has 0 saturated heterocycles. The van der Waals surface area contributed by atoms with Crippen molar-refractivity contribution in [3.63, 3.8) is 0 Å². The van der Waals surface area contributed by atoms with Gasteiger partial charge in [-0.1, -0.05) is 54.6 Å². The van der Waals surface area contributed by atoms with Crippen LogP contribution in [0, 0.1) is 0 Å². The topological polar surface area (TPSA) is 102 Å². The van der Waals surface area contributed by atoms with Crippen LogP contribution in [0.5, 0.6) is 0 Å². The monoisotopic (exact) mass is 423 g/mol. The maximum absolute atomic E-state index is 12.4. The summed E-state index contributed by atoms with van der Waals surface area (Å²) in [5.74, 6) is -1.63. The SMILES string of the molecule is CCOC(=O)C=C[C@H](CCC(=O)O)NC(=O)OCC1c2ccccc2-c2ccccc21. The van der Waals surface area contributed by atoms with Gasteiger partial charge in [-0.3, -0.25) is 4.79 Å². The summed E-state index contributed by atoms with van der Waals surface area (Å²) in [4.78, 5) is 34.9. The van der Waals surface area contributed by atoms with Crippen molar-refractivity contribution in [1.29, 1.82) is 0 Å². The lowest BCUT2D eigenvalue weighted by atomic mass is 9.98. The number of carbonyl (C=O) groups is 3. The van der Waals surface area contributed by atoms with Crippen LogP contribution in [0.4, 0.5) is 4.79 Å². The maximum Gasteiger partial charge on any atom is 0.407 e. The number of carboxylic acid groups (broad SMARTS) is 1. The largest absolute Gasteiger partial charge is 0.481 e. The lowest BCUT2D eigenvalue weighted by molar-refractivity contribution is -0.138. The molecule has 0 radical (unpaired) electrons. The number of hydrogen-bond acceptors (Lipinski definition) is 5. The minimum atomic E-state index is -0.996. The molecule has 1 atom stereocenters. The number of ether oxygens (including phenoxy) is 2. The van der Waals surface area contributed by atoms with Crippen LogP contribution in [-0.4, -0.2) is 42.4 Å². The predicted molar refractivity (Wildman–Crippen MR) is 115 cm³/mol. The molecule has 7 nitrogen and oxygen atoms in total. The third-order valence-electron chi connectivity index (χ3n) is 5.07. The lowest BCUT2D eigenvalue weighted by Gasteiger charge is -2.17. The van der Waals surface area contributed by atoms with Crippen molar-refractivity contribution in [2.75, 3.05) is 13.2 Å². The average Bonchev–Trinajstić information content (AvgIpc) is 3.08. The Morgan fingerprint density at radius 1 is 1.03 bits per heavy atom. The summed E-state index contributed by atoms with van der Waals surface area (Å²) in [6.45, 7) is 2.05. The number of fused-ring (bicyclic) bond motifs is 3. The molecule has 1 aliphatic rings. The van der Waals surface area contributed by atoms with E-state index in [9.17, 15) is 14.4 Å². The first-order valence-corrected chi connectivity index (χ1v) is 10.2. The van der Waals surface area contributed by atoms with E-state index in [1.54, 1.807) is 6.92 Å². The van der Waals surface area contributed by atoms with Gasteiger partial charge in [0.15, 0.2) is 0 Å².